The summed E-state index contributed by atoms with van der Waals surface area (Å²) in [4.78, 5) is 13.1. The van der Waals surface area contributed by atoms with Crippen LogP contribution in [0.15, 0.2) is 54.6 Å². The van der Waals surface area contributed by atoms with Crippen molar-refractivity contribution in [2.24, 2.45) is 0 Å². The number of nitrogens with zero attached hydrogens (tertiary/aromatic N) is 1. The Morgan fingerprint density at radius 1 is 1.17 bits per heavy atom. The normalized spacial score (nSPS) is 11.2. The summed E-state index contributed by atoms with van der Waals surface area (Å²) >= 11 is 0. The minimum atomic E-state index is -0.514. The summed E-state index contributed by atoms with van der Waals surface area (Å²) in [7, 11) is 3.13. The molecule has 0 saturated carbocycles. The molecule has 5 heteroatoms. The molecule has 0 bridgehead atoms. The molecule has 0 unspecified atom stereocenters. The van der Waals surface area contributed by atoms with Gasteiger partial charge in [-0.3, -0.25) is 0 Å². The van der Waals surface area contributed by atoms with Gasteiger partial charge in [0.15, 0.2) is 0 Å². The molecular formula is C19H20F2N2O. The second-order valence-corrected chi connectivity index (χ2v) is 5.45. The number of nitrogens with one attached hydrogen (secondary N) is 1. The zero-order chi connectivity index (χ0) is 17.5. The van der Waals surface area contributed by atoms with Crippen molar-refractivity contribution in [1.82, 2.24) is 10.2 Å². The molecule has 0 heterocycles. The Bertz CT molecular complexity index is 729. The number of hydrogen-bond acceptors (Lipinski definition) is 1. The quantitative estimate of drug-likeness (QED) is 0.887. The summed E-state index contributed by atoms with van der Waals surface area (Å²) in [6, 6.07) is 12.7. The maximum Gasteiger partial charge on any atom is 0.317 e. The fourth-order valence-electron chi connectivity index (χ4n) is 2.38. The second-order valence-electron chi connectivity index (χ2n) is 5.45. The lowest BCUT2D eigenvalue weighted by molar-refractivity contribution is 0.216. The molecule has 2 aromatic rings. The van der Waals surface area contributed by atoms with Gasteiger partial charge in [0.25, 0.3) is 0 Å². The van der Waals surface area contributed by atoms with Crippen LogP contribution in [0.3, 0.4) is 0 Å². The van der Waals surface area contributed by atoms with Gasteiger partial charge < -0.3 is 10.2 Å². The van der Waals surface area contributed by atoms with Crippen molar-refractivity contribution in [2.75, 3.05) is 20.6 Å². The Balaban J connectivity index is 2.33. The van der Waals surface area contributed by atoms with Crippen molar-refractivity contribution in [3.8, 4) is 0 Å². The van der Waals surface area contributed by atoms with Crippen LogP contribution >= 0.6 is 0 Å². The van der Waals surface area contributed by atoms with Gasteiger partial charge in [0.1, 0.15) is 11.6 Å². The summed E-state index contributed by atoms with van der Waals surface area (Å²) in [5, 5.41) is 2.51. The van der Waals surface area contributed by atoms with E-state index in [0.717, 1.165) is 23.8 Å². The van der Waals surface area contributed by atoms with E-state index in [9.17, 15) is 13.6 Å². The van der Waals surface area contributed by atoms with Crippen LogP contribution in [0.5, 0.6) is 0 Å². The first-order valence-corrected chi connectivity index (χ1v) is 7.62. The first kappa shape index (κ1) is 17.7. The first-order chi connectivity index (χ1) is 11.5. The molecule has 3 nitrogen and oxygen atoms in total. The van der Waals surface area contributed by atoms with Crippen LogP contribution < -0.4 is 5.32 Å². The van der Waals surface area contributed by atoms with E-state index in [1.807, 2.05) is 36.4 Å². The molecule has 0 radical (unpaired) electrons. The number of rotatable bonds is 5. The molecule has 0 atom stereocenters. The maximum atomic E-state index is 14.2. The van der Waals surface area contributed by atoms with Crippen LogP contribution in [0.25, 0.3) is 5.57 Å². The molecule has 2 rings (SSSR count). The van der Waals surface area contributed by atoms with E-state index in [1.54, 1.807) is 7.05 Å². The Morgan fingerprint density at radius 2 is 1.88 bits per heavy atom. The zero-order valence-corrected chi connectivity index (χ0v) is 13.7. The van der Waals surface area contributed by atoms with Crippen LogP contribution in [-0.2, 0) is 6.42 Å². The number of halogens is 2. The van der Waals surface area contributed by atoms with Gasteiger partial charge in [0.2, 0.25) is 0 Å². The SMILES string of the molecule is CNC(=O)N(C)C/C(=C\Cc1ccccc1)c1cc(F)ccc1F. The minimum Gasteiger partial charge on any atom is -0.341 e. The molecule has 0 aromatic heterocycles. The lowest BCUT2D eigenvalue weighted by Crippen LogP contribution is -2.36. The maximum absolute atomic E-state index is 14.2. The number of urea groups is 1. The number of benzene rings is 2. The van der Waals surface area contributed by atoms with Gasteiger partial charge in [-0.1, -0.05) is 36.4 Å². The average molecular weight is 330 g/mol. The molecule has 0 aliphatic rings. The van der Waals surface area contributed by atoms with Crippen LogP contribution in [0.4, 0.5) is 13.6 Å². The Kier molecular flexibility index (Phi) is 6.07. The summed E-state index contributed by atoms with van der Waals surface area (Å²) in [5.41, 5.74) is 1.78. The molecule has 1 N–H and O–H groups in total. The molecule has 0 fully saturated rings. The highest BCUT2D eigenvalue weighted by molar-refractivity contribution is 5.77. The van der Waals surface area contributed by atoms with Gasteiger partial charge in [-0.05, 0) is 35.8 Å². The molecular weight excluding hydrogens is 310 g/mol. The highest BCUT2D eigenvalue weighted by atomic mass is 19.1. The molecule has 24 heavy (non-hydrogen) atoms. The zero-order valence-electron chi connectivity index (χ0n) is 13.7. The van der Waals surface area contributed by atoms with Crippen LogP contribution in [0.2, 0.25) is 0 Å². The lowest BCUT2D eigenvalue weighted by Gasteiger charge is -2.19. The van der Waals surface area contributed by atoms with Crippen LogP contribution in [0.1, 0.15) is 11.1 Å². The van der Waals surface area contributed by atoms with E-state index in [-0.39, 0.29) is 18.1 Å². The number of carbonyl (C=O) groups is 1. The number of carbonyl (C=O) groups excluding carboxylic acids is 1. The Hall–Kier alpha value is -2.69. The number of likely N-dealkylation sites (N-methyl/N-ethyl adjacent to an activating group) is 1. The van der Waals surface area contributed by atoms with Crippen LogP contribution in [-0.4, -0.2) is 31.6 Å². The van der Waals surface area contributed by atoms with Crippen molar-refractivity contribution in [3.05, 3.63) is 77.4 Å². The summed E-state index contributed by atoms with van der Waals surface area (Å²) in [6.45, 7) is 0.173. The number of allylic oxidation sites excluding steroid dienone is 1. The first-order valence-electron chi connectivity index (χ1n) is 7.62. The predicted molar refractivity (Wildman–Crippen MR) is 91.6 cm³/mol. The smallest absolute Gasteiger partial charge is 0.317 e. The highest BCUT2D eigenvalue weighted by Gasteiger charge is 2.14. The Morgan fingerprint density at radius 3 is 2.54 bits per heavy atom. The predicted octanol–water partition coefficient (Wildman–Crippen LogP) is 3.86. The third-order valence-electron chi connectivity index (χ3n) is 3.67. The second kappa shape index (κ2) is 8.24. The highest BCUT2D eigenvalue weighted by Crippen LogP contribution is 2.21. The van der Waals surface area contributed by atoms with Crippen molar-refractivity contribution < 1.29 is 13.6 Å². The summed E-state index contributed by atoms with van der Waals surface area (Å²) in [5.74, 6) is -1.03. The van der Waals surface area contributed by atoms with Crippen molar-refractivity contribution >= 4 is 11.6 Å². The van der Waals surface area contributed by atoms with E-state index >= 15 is 0 Å². The third-order valence-corrected chi connectivity index (χ3v) is 3.67. The fraction of sp³-hybridized carbons (Fsp3) is 0.211. The topological polar surface area (TPSA) is 32.3 Å². The lowest BCUT2D eigenvalue weighted by atomic mass is 10.0. The van der Waals surface area contributed by atoms with Crippen LogP contribution in [0, 0.1) is 11.6 Å². The summed E-state index contributed by atoms with van der Waals surface area (Å²) < 4.78 is 27.7. The molecule has 0 aliphatic heterocycles. The molecule has 0 saturated heterocycles. The van der Waals surface area contributed by atoms with E-state index in [1.165, 1.54) is 11.9 Å². The Labute approximate surface area is 140 Å². The largest absolute Gasteiger partial charge is 0.341 e. The monoisotopic (exact) mass is 330 g/mol. The van der Waals surface area contributed by atoms with Crippen molar-refractivity contribution in [2.45, 2.75) is 6.42 Å². The third kappa shape index (κ3) is 4.65. The number of hydrogen-bond donors (Lipinski definition) is 1. The van der Waals surface area contributed by atoms with Crippen molar-refractivity contribution in [3.63, 3.8) is 0 Å². The summed E-state index contributed by atoms with van der Waals surface area (Å²) in [6.07, 6.45) is 2.39. The molecule has 2 amide bonds. The van der Waals surface area contributed by atoms with Crippen molar-refractivity contribution in [1.29, 1.82) is 0 Å². The minimum absolute atomic E-state index is 0.168. The molecule has 0 aliphatic carbocycles. The van der Waals surface area contributed by atoms with Gasteiger partial charge >= 0.3 is 6.03 Å². The number of amides is 2. The fourth-order valence-corrected chi connectivity index (χ4v) is 2.38. The van der Waals surface area contributed by atoms with Gasteiger partial charge in [0, 0.05) is 26.2 Å². The average Bonchev–Trinajstić information content (AvgIpc) is 2.60. The van der Waals surface area contributed by atoms with E-state index < -0.39 is 11.6 Å². The van der Waals surface area contributed by atoms with E-state index in [0.29, 0.717) is 12.0 Å². The molecule has 0 spiro atoms. The standard InChI is InChI=1S/C19H20F2N2O/c1-22-19(24)23(2)13-15(9-8-14-6-4-3-5-7-14)17-12-16(20)10-11-18(17)21/h3-7,9-12H,8,13H2,1-2H3,(H,22,24)/b15-9+. The van der Waals surface area contributed by atoms with Gasteiger partial charge in [-0.2, -0.15) is 0 Å². The van der Waals surface area contributed by atoms with Gasteiger partial charge in [-0.25, -0.2) is 13.6 Å². The molecule has 126 valence electrons. The van der Waals surface area contributed by atoms with E-state index in [4.69, 9.17) is 0 Å². The van der Waals surface area contributed by atoms with Gasteiger partial charge in [0.05, 0.1) is 0 Å². The molecule has 2 aromatic carbocycles. The van der Waals surface area contributed by atoms with E-state index in [2.05, 4.69) is 5.32 Å². The van der Waals surface area contributed by atoms with Gasteiger partial charge in [-0.15, -0.1) is 0 Å².